The minimum absolute atomic E-state index is 0.488. The van der Waals surface area contributed by atoms with Gasteiger partial charge in [-0.2, -0.15) is 0 Å². The number of morpholine rings is 1. The summed E-state index contributed by atoms with van der Waals surface area (Å²) in [5.74, 6) is 1.45. The van der Waals surface area contributed by atoms with Crippen LogP contribution in [0, 0.1) is 5.92 Å². The van der Waals surface area contributed by atoms with E-state index in [-0.39, 0.29) is 0 Å². The molecule has 0 bridgehead atoms. The first-order valence-electron chi connectivity index (χ1n) is 10.7. The van der Waals surface area contributed by atoms with Gasteiger partial charge in [0.1, 0.15) is 0 Å². The van der Waals surface area contributed by atoms with Crippen LogP contribution in [0.4, 0.5) is 5.69 Å². The molecule has 1 aromatic rings. The maximum atomic E-state index is 5.51. The second kappa shape index (κ2) is 10.1. The number of ether oxygens (including phenoxy) is 1. The number of benzene rings is 1. The van der Waals surface area contributed by atoms with E-state index >= 15 is 0 Å². The fourth-order valence-corrected chi connectivity index (χ4v) is 4.25. The molecule has 6 heteroatoms. The second-order valence-electron chi connectivity index (χ2n) is 8.25. The molecule has 1 fully saturated rings. The summed E-state index contributed by atoms with van der Waals surface area (Å²) in [5, 5.41) is 7.02. The number of hydrogen-bond donors (Lipinski definition) is 2. The number of guanidine groups is 1. The summed E-state index contributed by atoms with van der Waals surface area (Å²) in [6.07, 6.45) is 2.41. The van der Waals surface area contributed by atoms with Crippen molar-refractivity contribution in [3.8, 4) is 0 Å². The minimum atomic E-state index is 0.488. The third-order valence-corrected chi connectivity index (χ3v) is 5.94. The Labute approximate surface area is 170 Å². The molecular formula is C22H37N5O. The quantitative estimate of drug-likeness (QED) is 0.578. The van der Waals surface area contributed by atoms with Crippen LogP contribution >= 0.6 is 0 Å². The van der Waals surface area contributed by atoms with Crippen LogP contribution in [0.15, 0.2) is 23.2 Å². The predicted molar refractivity (Wildman–Crippen MR) is 117 cm³/mol. The normalized spacial score (nSPS) is 19.5. The fraction of sp³-hybridized carbons (Fsp3) is 0.682. The third kappa shape index (κ3) is 5.39. The van der Waals surface area contributed by atoms with Crippen LogP contribution in [0.2, 0.25) is 0 Å². The van der Waals surface area contributed by atoms with E-state index in [1.807, 2.05) is 7.05 Å². The van der Waals surface area contributed by atoms with Crippen LogP contribution in [-0.4, -0.2) is 70.4 Å². The number of anilines is 1. The lowest BCUT2D eigenvalue weighted by molar-refractivity contribution is 0.00752. The van der Waals surface area contributed by atoms with Gasteiger partial charge >= 0.3 is 0 Å². The van der Waals surface area contributed by atoms with Crippen LogP contribution in [0.3, 0.4) is 0 Å². The Balaban J connectivity index is 1.53. The van der Waals surface area contributed by atoms with Gasteiger partial charge in [-0.05, 0) is 36.0 Å². The highest BCUT2D eigenvalue weighted by atomic mass is 16.5. The molecule has 156 valence electrons. The molecule has 2 N–H and O–H groups in total. The second-order valence-corrected chi connectivity index (χ2v) is 8.25. The van der Waals surface area contributed by atoms with Crippen molar-refractivity contribution >= 4 is 11.6 Å². The van der Waals surface area contributed by atoms with Crippen molar-refractivity contribution in [3.05, 3.63) is 29.3 Å². The first-order chi connectivity index (χ1) is 13.6. The van der Waals surface area contributed by atoms with E-state index in [1.54, 1.807) is 0 Å². The summed E-state index contributed by atoms with van der Waals surface area (Å²) < 4.78 is 5.51. The summed E-state index contributed by atoms with van der Waals surface area (Å²) in [7, 11) is 4.03. The van der Waals surface area contributed by atoms with Crippen LogP contribution in [0.5, 0.6) is 0 Å². The van der Waals surface area contributed by atoms with Gasteiger partial charge in [0, 0.05) is 58.5 Å². The van der Waals surface area contributed by atoms with Crippen LogP contribution in [0.25, 0.3) is 0 Å². The molecule has 2 aliphatic rings. The van der Waals surface area contributed by atoms with Crippen molar-refractivity contribution in [2.75, 3.05) is 58.4 Å². The Morgan fingerprint density at radius 3 is 2.68 bits per heavy atom. The maximum Gasteiger partial charge on any atom is 0.191 e. The van der Waals surface area contributed by atoms with Crippen LogP contribution in [0.1, 0.15) is 31.4 Å². The number of rotatable bonds is 6. The van der Waals surface area contributed by atoms with Crippen LogP contribution in [-0.2, 0) is 17.7 Å². The molecule has 2 heterocycles. The lowest BCUT2D eigenvalue weighted by Gasteiger charge is -2.37. The van der Waals surface area contributed by atoms with Crippen molar-refractivity contribution in [2.24, 2.45) is 10.9 Å². The number of hydrogen-bond acceptors (Lipinski definition) is 4. The van der Waals surface area contributed by atoms with Gasteiger partial charge in [-0.15, -0.1) is 0 Å². The summed E-state index contributed by atoms with van der Waals surface area (Å²) in [5.41, 5.74) is 4.15. The summed E-state index contributed by atoms with van der Waals surface area (Å²) in [6, 6.07) is 7.32. The summed E-state index contributed by atoms with van der Waals surface area (Å²) in [6.45, 7) is 11.1. The first-order valence-corrected chi connectivity index (χ1v) is 10.7. The average Bonchev–Trinajstić information content (AvgIpc) is 2.71. The van der Waals surface area contributed by atoms with E-state index in [4.69, 9.17) is 4.74 Å². The number of aliphatic imine (C=N–C) groups is 1. The van der Waals surface area contributed by atoms with E-state index < -0.39 is 0 Å². The number of nitrogens with one attached hydrogen (secondary N) is 2. The lowest BCUT2D eigenvalue weighted by Crippen LogP contribution is -2.52. The minimum Gasteiger partial charge on any atom is -0.379 e. The Kier molecular flexibility index (Phi) is 7.57. The smallest absolute Gasteiger partial charge is 0.191 e. The third-order valence-electron chi connectivity index (χ3n) is 5.94. The molecule has 0 aromatic heterocycles. The van der Waals surface area contributed by atoms with Crippen molar-refractivity contribution < 1.29 is 4.74 Å². The highest BCUT2D eigenvalue weighted by Gasteiger charge is 2.24. The SMILES string of the molecule is CN=C(NCc1ccc2c(c1)CCCN2C)NCC(C(C)C)N1CCOCC1. The molecule has 1 aromatic carbocycles. The van der Waals surface area contributed by atoms with Gasteiger partial charge in [-0.1, -0.05) is 26.0 Å². The van der Waals surface area contributed by atoms with Gasteiger partial charge in [-0.3, -0.25) is 9.89 Å². The van der Waals surface area contributed by atoms with E-state index in [0.29, 0.717) is 12.0 Å². The zero-order chi connectivity index (χ0) is 19.9. The summed E-state index contributed by atoms with van der Waals surface area (Å²) in [4.78, 5) is 9.31. The topological polar surface area (TPSA) is 52.1 Å². The van der Waals surface area contributed by atoms with Gasteiger partial charge in [0.2, 0.25) is 0 Å². The number of aryl methyl sites for hydroxylation is 1. The highest BCUT2D eigenvalue weighted by Crippen LogP contribution is 2.26. The first kappa shape index (κ1) is 20.9. The standard InChI is InChI=1S/C22H37N5O/c1-17(2)21(27-10-12-28-13-11-27)16-25-22(23-3)24-15-18-7-8-20-19(14-18)6-5-9-26(20)4/h7-8,14,17,21H,5-6,9-13,15-16H2,1-4H3,(H2,23,24,25). The van der Waals surface area contributed by atoms with Gasteiger partial charge < -0.3 is 20.3 Å². The Bertz CT molecular complexity index is 654. The van der Waals surface area contributed by atoms with Gasteiger partial charge in [0.15, 0.2) is 5.96 Å². The molecule has 0 radical (unpaired) electrons. The monoisotopic (exact) mass is 387 g/mol. The van der Waals surface area contributed by atoms with E-state index in [9.17, 15) is 0 Å². The van der Waals surface area contributed by atoms with Crippen molar-refractivity contribution in [1.29, 1.82) is 0 Å². The fourth-order valence-electron chi connectivity index (χ4n) is 4.25. The highest BCUT2D eigenvalue weighted by molar-refractivity contribution is 5.79. The molecule has 0 spiro atoms. The molecule has 6 nitrogen and oxygen atoms in total. The molecule has 1 atom stereocenters. The average molecular weight is 388 g/mol. The van der Waals surface area contributed by atoms with E-state index in [0.717, 1.165) is 51.9 Å². The predicted octanol–water partition coefficient (Wildman–Crippen LogP) is 2.09. The Morgan fingerprint density at radius 1 is 1.18 bits per heavy atom. The number of nitrogens with zero attached hydrogens (tertiary/aromatic N) is 3. The molecule has 28 heavy (non-hydrogen) atoms. The molecule has 0 saturated carbocycles. The summed E-state index contributed by atoms with van der Waals surface area (Å²) >= 11 is 0. The van der Waals surface area contributed by atoms with Crippen molar-refractivity contribution in [2.45, 2.75) is 39.3 Å². The van der Waals surface area contributed by atoms with Gasteiger partial charge in [-0.25, -0.2) is 0 Å². The Morgan fingerprint density at radius 2 is 1.96 bits per heavy atom. The lowest BCUT2D eigenvalue weighted by atomic mass is 9.99. The van der Waals surface area contributed by atoms with Gasteiger partial charge in [0.05, 0.1) is 13.2 Å². The van der Waals surface area contributed by atoms with E-state index in [1.165, 1.54) is 29.7 Å². The van der Waals surface area contributed by atoms with Crippen molar-refractivity contribution in [3.63, 3.8) is 0 Å². The molecule has 3 rings (SSSR count). The molecule has 1 saturated heterocycles. The molecule has 1 unspecified atom stereocenters. The van der Waals surface area contributed by atoms with Gasteiger partial charge in [0.25, 0.3) is 0 Å². The molecule has 2 aliphatic heterocycles. The zero-order valence-electron chi connectivity index (χ0n) is 18.0. The zero-order valence-corrected chi connectivity index (χ0v) is 18.0. The van der Waals surface area contributed by atoms with Crippen molar-refractivity contribution in [1.82, 2.24) is 15.5 Å². The molecule has 0 aliphatic carbocycles. The number of fused-ring (bicyclic) bond motifs is 1. The van der Waals surface area contributed by atoms with Crippen LogP contribution < -0.4 is 15.5 Å². The van der Waals surface area contributed by atoms with E-state index in [2.05, 4.69) is 64.5 Å². The largest absolute Gasteiger partial charge is 0.379 e. The molecular weight excluding hydrogens is 350 g/mol. The maximum absolute atomic E-state index is 5.51. The molecule has 0 amide bonds. The Hall–Kier alpha value is -1.79.